The third kappa shape index (κ3) is 6.08. The highest BCUT2D eigenvalue weighted by Gasteiger charge is 2.42. The smallest absolute Gasteiger partial charge is 0.179 e. The van der Waals surface area contributed by atoms with Crippen molar-refractivity contribution in [3.8, 4) is 34.5 Å². The minimum Gasteiger partial charge on any atom is -0.309 e. The summed E-state index contributed by atoms with van der Waals surface area (Å²) in [4.78, 5) is 5.89. The Morgan fingerprint density at radius 1 is 0.319 bits per heavy atom. The lowest BCUT2D eigenvalue weighted by molar-refractivity contribution is 1.04. The maximum Gasteiger partial charge on any atom is 0.179 e. The van der Waals surface area contributed by atoms with Crippen LogP contribution in [0.4, 0.5) is 0 Å². The largest absolute Gasteiger partial charge is 0.309 e. The molecule has 4 heterocycles. The molecule has 0 bridgehead atoms. The van der Waals surface area contributed by atoms with Gasteiger partial charge in [-0.2, -0.15) is 5.26 Å². The highest BCUT2D eigenvalue weighted by Crippen LogP contribution is 2.41. The van der Waals surface area contributed by atoms with Gasteiger partial charge < -0.3 is 9.13 Å². The van der Waals surface area contributed by atoms with Crippen LogP contribution in [0.2, 0.25) is 0 Å². The highest BCUT2D eigenvalue weighted by molar-refractivity contribution is 7.20. The quantitative estimate of drug-likeness (QED) is 0.113. The normalized spacial score (nSPS) is 11.9. The lowest BCUT2D eigenvalue weighted by Gasteiger charge is -2.35. The molecule has 72 heavy (non-hydrogen) atoms. The molecule has 6 heteroatoms. The molecule has 0 saturated carbocycles. The Balaban J connectivity index is 1.19. The second kappa shape index (κ2) is 16.6. The van der Waals surface area contributed by atoms with Gasteiger partial charge in [-0.25, -0.2) is 4.98 Å². The van der Waals surface area contributed by atoms with Crippen molar-refractivity contribution in [3.05, 3.63) is 266 Å². The number of nitriles is 1. The fourth-order valence-corrected chi connectivity index (χ4v) is 16.6. The summed E-state index contributed by atoms with van der Waals surface area (Å²) in [5, 5.41) is 23.6. The molecule has 14 aromatic rings. The Morgan fingerprint density at radius 3 is 1.03 bits per heavy atom. The van der Waals surface area contributed by atoms with Gasteiger partial charge in [-0.15, -0.1) is 0 Å². The number of benzene rings is 10. The maximum absolute atomic E-state index is 11.8. The summed E-state index contributed by atoms with van der Waals surface area (Å²) in [6.45, 7) is 0. The molecule has 336 valence electrons. The van der Waals surface area contributed by atoms with Gasteiger partial charge in [0.15, 0.2) is 13.9 Å². The molecule has 0 aliphatic rings. The van der Waals surface area contributed by atoms with Crippen LogP contribution in [0, 0.1) is 11.3 Å². The molecule has 0 atom stereocenters. The Hall–Kier alpha value is -9.54. The van der Waals surface area contributed by atoms with Gasteiger partial charge >= 0.3 is 0 Å². The van der Waals surface area contributed by atoms with Crippen LogP contribution in [-0.2, 0) is 0 Å². The number of hydrogen-bond donors (Lipinski definition) is 0. The van der Waals surface area contributed by atoms with E-state index in [9.17, 15) is 5.26 Å². The number of aromatic nitrogens is 4. The first-order valence-corrected chi connectivity index (χ1v) is 26.4. The van der Waals surface area contributed by atoms with E-state index in [0.29, 0.717) is 11.4 Å². The van der Waals surface area contributed by atoms with Crippen molar-refractivity contribution < 1.29 is 0 Å². The van der Waals surface area contributed by atoms with Gasteiger partial charge in [0.2, 0.25) is 0 Å². The van der Waals surface area contributed by atoms with Gasteiger partial charge in [0.05, 0.1) is 50.2 Å². The van der Waals surface area contributed by atoms with Crippen molar-refractivity contribution in [2.45, 2.75) is 0 Å². The number of nitrogens with zero attached hydrogens (tertiary/aromatic N) is 5. The third-order valence-corrected chi connectivity index (χ3v) is 19.6. The SMILES string of the molecule is N#Cc1c(-n2c3ccccc3c3ccccc32)cc(-c2cc([Si](c3ccccc3)(c3ccccc3)c3ccccc3)ccc2-n2c3ccccc3c3ccccc32)nc1-n1c2ccccc2c2ccccc21. The Labute approximate surface area is 417 Å². The Bertz CT molecular complexity index is 4070. The molecular weight excluding hydrogens is 891 g/mol. The molecule has 10 aromatic carbocycles. The first-order chi connectivity index (χ1) is 35.7. The van der Waals surface area contributed by atoms with E-state index in [1.54, 1.807) is 0 Å². The molecule has 0 unspecified atom stereocenters. The molecular formula is C66H43N5Si. The summed E-state index contributed by atoms with van der Waals surface area (Å²) in [6.07, 6.45) is 0. The van der Waals surface area contributed by atoms with Crippen molar-refractivity contribution in [3.63, 3.8) is 0 Å². The van der Waals surface area contributed by atoms with Crippen LogP contribution in [0.1, 0.15) is 5.56 Å². The molecule has 5 nitrogen and oxygen atoms in total. The summed E-state index contributed by atoms with van der Waals surface area (Å²) < 4.78 is 6.92. The molecule has 14 rings (SSSR count). The highest BCUT2D eigenvalue weighted by atomic mass is 28.3. The minimum atomic E-state index is -3.08. The van der Waals surface area contributed by atoms with Crippen LogP contribution in [0.15, 0.2) is 261 Å². The van der Waals surface area contributed by atoms with Crippen molar-refractivity contribution in [1.82, 2.24) is 18.7 Å². The van der Waals surface area contributed by atoms with Gasteiger partial charge in [-0.3, -0.25) is 4.57 Å². The predicted octanol–water partition coefficient (Wildman–Crippen LogP) is 13.3. The van der Waals surface area contributed by atoms with Crippen LogP contribution >= 0.6 is 0 Å². The zero-order chi connectivity index (χ0) is 47.8. The molecule has 0 amide bonds. The molecule has 4 aromatic heterocycles. The van der Waals surface area contributed by atoms with Crippen LogP contribution < -0.4 is 20.7 Å². The Morgan fingerprint density at radius 2 is 0.653 bits per heavy atom. The molecule has 0 saturated heterocycles. The van der Waals surface area contributed by atoms with Crippen molar-refractivity contribution in [1.29, 1.82) is 5.26 Å². The van der Waals surface area contributed by atoms with Gasteiger partial charge in [0, 0.05) is 37.9 Å². The second-order valence-corrected chi connectivity index (χ2v) is 22.3. The predicted molar refractivity (Wildman–Crippen MR) is 301 cm³/mol. The molecule has 0 aliphatic heterocycles. The second-order valence-electron chi connectivity index (χ2n) is 18.5. The third-order valence-electron chi connectivity index (χ3n) is 14.9. The lowest BCUT2D eigenvalue weighted by Crippen LogP contribution is -2.74. The minimum absolute atomic E-state index is 0.480. The average molecular weight is 934 g/mol. The molecule has 0 radical (unpaired) electrons. The molecule has 0 spiro atoms. The number of hydrogen-bond acceptors (Lipinski definition) is 2. The lowest BCUT2D eigenvalue weighted by atomic mass is 10.0. The molecule has 0 fully saturated rings. The maximum atomic E-state index is 11.8. The summed E-state index contributed by atoms with van der Waals surface area (Å²) in [5.74, 6) is 0.570. The van der Waals surface area contributed by atoms with E-state index < -0.39 is 8.07 Å². The van der Waals surface area contributed by atoms with Crippen LogP contribution in [0.3, 0.4) is 0 Å². The molecule has 0 aliphatic carbocycles. The van der Waals surface area contributed by atoms with Gasteiger partial charge in [0.1, 0.15) is 11.6 Å². The number of fused-ring (bicyclic) bond motifs is 9. The first kappa shape index (κ1) is 41.4. The van der Waals surface area contributed by atoms with Crippen LogP contribution in [-0.4, -0.2) is 26.8 Å². The summed E-state index contributed by atoms with van der Waals surface area (Å²) >= 11 is 0. The van der Waals surface area contributed by atoms with E-state index in [1.807, 2.05) is 0 Å². The summed E-state index contributed by atoms with van der Waals surface area (Å²) in [7, 11) is -3.08. The summed E-state index contributed by atoms with van der Waals surface area (Å²) in [5.41, 5.74) is 10.1. The molecule has 0 N–H and O–H groups in total. The Kier molecular flexibility index (Phi) is 9.53. The van der Waals surface area contributed by atoms with E-state index in [0.717, 1.165) is 77.3 Å². The topological polar surface area (TPSA) is 51.5 Å². The van der Waals surface area contributed by atoms with Crippen LogP contribution in [0.25, 0.3) is 93.9 Å². The van der Waals surface area contributed by atoms with Crippen molar-refractivity contribution in [2.24, 2.45) is 0 Å². The fourth-order valence-electron chi connectivity index (χ4n) is 11.9. The van der Waals surface area contributed by atoms with E-state index in [4.69, 9.17) is 4.98 Å². The summed E-state index contributed by atoms with van der Waals surface area (Å²) in [6, 6.07) is 96.8. The average Bonchev–Trinajstić information content (AvgIpc) is 4.10. The van der Waals surface area contributed by atoms with Crippen molar-refractivity contribution in [2.75, 3.05) is 0 Å². The number of para-hydroxylation sites is 6. The number of pyridine rings is 1. The fraction of sp³-hybridized carbons (Fsp3) is 0. The van der Waals surface area contributed by atoms with Gasteiger partial charge in [-0.05, 0) is 69.3 Å². The van der Waals surface area contributed by atoms with Crippen LogP contribution in [0.5, 0.6) is 0 Å². The van der Waals surface area contributed by atoms with E-state index in [-0.39, 0.29) is 0 Å². The zero-order valence-corrected chi connectivity index (χ0v) is 40.1. The standard InChI is InChI=1S/C66H43N5Si/c67-44-56-65(70-60-36-18-12-30-51(60)52-31-13-19-37-61(52)70)43-57(68-66(56)71-62-38-20-14-32-53(62)54-33-15-21-39-63(54)71)55-42-48(40-41-64(55)69-58-34-16-10-28-49(58)50-29-11-17-35-59(50)69)72(45-22-4-1-5-23-45,46-24-6-2-7-25-46)47-26-8-3-9-27-47/h1-43H. The van der Waals surface area contributed by atoms with E-state index >= 15 is 0 Å². The van der Waals surface area contributed by atoms with E-state index in [2.05, 4.69) is 281 Å². The van der Waals surface area contributed by atoms with E-state index in [1.165, 1.54) is 31.5 Å². The van der Waals surface area contributed by atoms with Gasteiger partial charge in [0.25, 0.3) is 0 Å². The first-order valence-electron chi connectivity index (χ1n) is 24.4. The van der Waals surface area contributed by atoms with Crippen molar-refractivity contribution >= 4 is 94.2 Å². The zero-order valence-electron chi connectivity index (χ0n) is 39.1. The van der Waals surface area contributed by atoms with Gasteiger partial charge in [-0.1, -0.05) is 212 Å². The number of rotatable bonds is 8. The monoisotopic (exact) mass is 933 g/mol.